The molecule has 3 aromatic rings. The Labute approximate surface area is 167 Å². The number of Topliss-reactive ketones (excluding diaryl/α,β-unsaturated/α-hetero) is 1. The van der Waals surface area contributed by atoms with Gasteiger partial charge >= 0.3 is 0 Å². The highest BCUT2D eigenvalue weighted by atomic mass is 32.1. The molecule has 0 aliphatic carbocycles. The molecule has 4 rings (SSSR count). The van der Waals surface area contributed by atoms with E-state index in [2.05, 4.69) is 10.1 Å². The number of ketones is 1. The van der Waals surface area contributed by atoms with E-state index in [4.69, 9.17) is 14.0 Å². The Morgan fingerprint density at radius 2 is 2.04 bits per heavy atom. The number of thiazole rings is 1. The Bertz CT molecular complexity index is 929. The summed E-state index contributed by atoms with van der Waals surface area (Å²) in [5, 5.41) is 4.64. The number of hydrogen-bond acceptors (Lipinski definition) is 7. The molecule has 0 saturated carbocycles. The second-order valence-corrected chi connectivity index (χ2v) is 7.89. The van der Waals surface area contributed by atoms with Crippen LogP contribution in [0.15, 0.2) is 41.1 Å². The number of carbonyl (C=O) groups excluding carboxylic acids is 1. The van der Waals surface area contributed by atoms with E-state index in [1.165, 1.54) is 11.3 Å². The van der Waals surface area contributed by atoms with Crippen LogP contribution in [0, 0.1) is 12.8 Å². The van der Waals surface area contributed by atoms with Crippen LogP contribution in [-0.4, -0.2) is 29.1 Å². The average Bonchev–Trinajstić information content (AvgIpc) is 3.34. The van der Waals surface area contributed by atoms with E-state index >= 15 is 0 Å². The normalized spacial score (nSPS) is 14.9. The lowest BCUT2D eigenvalue weighted by Gasteiger charge is -2.20. The van der Waals surface area contributed by atoms with Gasteiger partial charge in [-0.15, -0.1) is 0 Å². The van der Waals surface area contributed by atoms with Crippen molar-refractivity contribution in [2.24, 2.45) is 5.92 Å². The summed E-state index contributed by atoms with van der Waals surface area (Å²) < 4.78 is 16.6. The minimum Gasteiger partial charge on any atom is -0.465 e. The molecule has 28 heavy (non-hydrogen) atoms. The van der Waals surface area contributed by atoms with Crippen molar-refractivity contribution in [3.63, 3.8) is 0 Å². The highest BCUT2D eigenvalue weighted by Crippen LogP contribution is 2.29. The molecular weight excluding hydrogens is 376 g/mol. The van der Waals surface area contributed by atoms with Gasteiger partial charge < -0.3 is 14.0 Å². The Hall–Kier alpha value is -2.51. The molecule has 1 saturated heterocycles. The van der Waals surface area contributed by atoms with Gasteiger partial charge in [-0.05, 0) is 25.7 Å². The van der Waals surface area contributed by atoms with Crippen molar-refractivity contribution in [1.82, 2.24) is 10.1 Å². The average molecular weight is 398 g/mol. The van der Waals surface area contributed by atoms with E-state index in [9.17, 15) is 4.79 Å². The van der Waals surface area contributed by atoms with Gasteiger partial charge in [-0.1, -0.05) is 46.8 Å². The van der Waals surface area contributed by atoms with E-state index in [0.717, 1.165) is 42.9 Å². The molecule has 146 valence electrons. The van der Waals surface area contributed by atoms with Gasteiger partial charge in [0.1, 0.15) is 18.1 Å². The number of ether oxygens (including phenoxy) is 2. The number of rotatable bonds is 7. The lowest BCUT2D eigenvalue weighted by atomic mass is 9.94. The number of aryl methyl sites for hydroxylation is 1. The summed E-state index contributed by atoms with van der Waals surface area (Å²) >= 11 is 1.29. The number of benzene rings is 1. The summed E-state index contributed by atoms with van der Waals surface area (Å²) in [5.41, 5.74) is 2.63. The maximum Gasteiger partial charge on any atom is 0.274 e. The highest BCUT2D eigenvalue weighted by Gasteiger charge is 2.21. The molecule has 6 nitrogen and oxygen atoms in total. The minimum atomic E-state index is 0.130. The summed E-state index contributed by atoms with van der Waals surface area (Å²) in [6.07, 6.45) is 4.06. The maximum absolute atomic E-state index is 12.5. The van der Waals surface area contributed by atoms with E-state index in [0.29, 0.717) is 34.8 Å². The number of hydrogen-bond donors (Lipinski definition) is 0. The van der Waals surface area contributed by atoms with Crippen LogP contribution in [0.1, 0.15) is 40.3 Å². The van der Waals surface area contributed by atoms with Crippen molar-refractivity contribution in [3.8, 4) is 16.5 Å². The Morgan fingerprint density at radius 1 is 1.25 bits per heavy atom. The van der Waals surface area contributed by atoms with Crippen molar-refractivity contribution in [3.05, 3.63) is 52.7 Å². The van der Waals surface area contributed by atoms with Crippen LogP contribution in [0.2, 0.25) is 0 Å². The fourth-order valence-corrected chi connectivity index (χ4v) is 4.00. The fraction of sp³-hybridized carbons (Fsp3) is 0.381. The van der Waals surface area contributed by atoms with Gasteiger partial charge in [0.05, 0.1) is 16.6 Å². The first kappa shape index (κ1) is 18.8. The number of carbonyl (C=O) groups is 1. The second-order valence-electron chi connectivity index (χ2n) is 6.89. The predicted molar refractivity (Wildman–Crippen MR) is 106 cm³/mol. The third-order valence-corrected chi connectivity index (χ3v) is 5.90. The molecule has 2 aromatic heterocycles. The van der Waals surface area contributed by atoms with E-state index in [-0.39, 0.29) is 5.78 Å². The van der Waals surface area contributed by atoms with Crippen molar-refractivity contribution in [2.75, 3.05) is 13.2 Å². The first-order valence-corrected chi connectivity index (χ1v) is 10.2. The molecule has 1 aromatic carbocycles. The standard InChI is InChI=1S/C21H22N2O4S/c1-14-17(20(23-27-14)16-5-3-2-4-6-16)13-26-21-22-12-19(28-21)18(24)11-15-7-9-25-10-8-15/h2-6,12,15H,7-11,13H2,1H3. The Balaban J connectivity index is 1.40. The van der Waals surface area contributed by atoms with Crippen LogP contribution in [0.5, 0.6) is 5.19 Å². The fourth-order valence-electron chi connectivity index (χ4n) is 3.28. The third kappa shape index (κ3) is 4.31. The topological polar surface area (TPSA) is 74.5 Å². The second kappa shape index (κ2) is 8.67. The summed E-state index contributed by atoms with van der Waals surface area (Å²) in [6, 6.07) is 9.85. The lowest BCUT2D eigenvalue weighted by molar-refractivity contribution is 0.0602. The zero-order chi connectivity index (χ0) is 19.3. The molecule has 1 aliphatic rings. The van der Waals surface area contributed by atoms with Crippen LogP contribution in [-0.2, 0) is 11.3 Å². The largest absolute Gasteiger partial charge is 0.465 e. The molecule has 0 spiro atoms. The zero-order valence-electron chi connectivity index (χ0n) is 15.7. The molecule has 0 unspecified atom stereocenters. The van der Waals surface area contributed by atoms with Gasteiger partial charge in [0.2, 0.25) is 0 Å². The molecule has 0 amide bonds. The van der Waals surface area contributed by atoms with E-state index < -0.39 is 0 Å². The molecular formula is C21H22N2O4S. The van der Waals surface area contributed by atoms with Crippen LogP contribution in [0.3, 0.4) is 0 Å². The molecule has 0 N–H and O–H groups in total. The molecule has 1 fully saturated rings. The van der Waals surface area contributed by atoms with Gasteiger partial charge in [0.15, 0.2) is 5.78 Å². The van der Waals surface area contributed by atoms with Crippen molar-refractivity contribution in [1.29, 1.82) is 0 Å². The Morgan fingerprint density at radius 3 is 2.82 bits per heavy atom. The molecule has 7 heteroatoms. The van der Waals surface area contributed by atoms with Gasteiger partial charge in [0, 0.05) is 25.2 Å². The van der Waals surface area contributed by atoms with Crippen LogP contribution < -0.4 is 4.74 Å². The summed E-state index contributed by atoms with van der Waals surface area (Å²) in [5.74, 6) is 1.25. The highest BCUT2D eigenvalue weighted by molar-refractivity contribution is 7.15. The summed E-state index contributed by atoms with van der Waals surface area (Å²) in [6.45, 7) is 3.65. The van der Waals surface area contributed by atoms with Crippen molar-refractivity contribution in [2.45, 2.75) is 32.8 Å². The van der Waals surface area contributed by atoms with Crippen LogP contribution in [0.25, 0.3) is 11.3 Å². The van der Waals surface area contributed by atoms with Crippen LogP contribution >= 0.6 is 11.3 Å². The molecule has 3 heterocycles. The molecule has 0 bridgehead atoms. The van der Waals surface area contributed by atoms with E-state index in [1.54, 1.807) is 6.20 Å². The minimum absolute atomic E-state index is 0.130. The smallest absolute Gasteiger partial charge is 0.274 e. The van der Waals surface area contributed by atoms with Crippen LogP contribution in [0.4, 0.5) is 0 Å². The predicted octanol–water partition coefficient (Wildman–Crippen LogP) is 4.68. The number of nitrogens with zero attached hydrogens (tertiary/aromatic N) is 2. The first-order valence-electron chi connectivity index (χ1n) is 9.41. The lowest BCUT2D eigenvalue weighted by Crippen LogP contribution is -2.18. The van der Waals surface area contributed by atoms with Gasteiger partial charge in [-0.2, -0.15) is 0 Å². The first-order chi connectivity index (χ1) is 13.7. The van der Waals surface area contributed by atoms with Gasteiger partial charge in [0.25, 0.3) is 5.19 Å². The quantitative estimate of drug-likeness (QED) is 0.538. The van der Waals surface area contributed by atoms with Gasteiger partial charge in [-0.3, -0.25) is 4.79 Å². The van der Waals surface area contributed by atoms with Crippen molar-refractivity contribution < 1.29 is 18.8 Å². The molecule has 1 aliphatic heterocycles. The van der Waals surface area contributed by atoms with Crippen molar-refractivity contribution >= 4 is 17.1 Å². The molecule has 0 radical (unpaired) electrons. The summed E-state index contributed by atoms with van der Waals surface area (Å²) in [7, 11) is 0. The SMILES string of the molecule is Cc1onc(-c2ccccc2)c1COc1ncc(C(=O)CC2CCOCC2)s1. The maximum atomic E-state index is 12.5. The third-order valence-electron chi connectivity index (χ3n) is 4.95. The summed E-state index contributed by atoms with van der Waals surface area (Å²) in [4.78, 5) is 17.4. The van der Waals surface area contributed by atoms with E-state index in [1.807, 2.05) is 37.3 Å². The monoisotopic (exact) mass is 398 g/mol. The zero-order valence-corrected chi connectivity index (χ0v) is 16.5. The number of aromatic nitrogens is 2. The molecule has 0 atom stereocenters. The van der Waals surface area contributed by atoms with Gasteiger partial charge in [-0.25, -0.2) is 4.98 Å². The Kier molecular flexibility index (Phi) is 5.83.